The molecule has 0 aliphatic carbocycles. The Balaban J connectivity index is -0.00000392. The molecule has 0 rings (SSSR count). The summed E-state index contributed by atoms with van der Waals surface area (Å²) in [5, 5.41) is 18.5. The van der Waals surface area contributed by atoms with Gasteiger partial charge in [0.25, 0.3) is 0 Å². The van der Waals surface area contributed by atoms with Crippen LogP contribution in [0.2, 0.25) is 0 Å². The minimum atomic E-state index is -1.25. The summed E-state index contributed by atoms with van der Waals surface area (Å²) in [5.41, 5.74) is 0. The van der Waals surface area contributed by atoms with Crippen molar-refractivity contribution < 1.29 is 50.8 Å². The third-order valence-corrected chi connectivity index (χ3v) is 6.10. The average molecular weight is 437 g/mol. The molecular formula is C25H49NaO4. The Hall–Kier alpha value is -0.0600. The van der Waals surface area contributed by atoms with E-state index in [1.165, 1.54) is 89.9 Å². The van der Waals surface area contributed by atoms with E-state index in [1.807, 2.05) is 0 Å². The molecule has 0 unspecified atom stereocenters. The number of aliphatic carboxylic acids is 2. The fourth-order valence-electron chi connectivity index (χ4n) is 4.15. The van der Waals surface area contributed by atoms with Crippen molar-refractivity contribution in [2.24, 2.45) is 11.8 Å². The van der Waals surface area contributed by atoms with Crippen LogP contribution in [0.3, 0.4) is 0 Å². The summed E-state index contributed by atoms with van der Waals surface area (Å²) in [5.74, 6) is -3.39. The van der Waals surface area contributed by atoms with E-state index in [0.717, 1.165) is 25.7 Å². The average Bonchev–Trinajstić information content (AvgIpc) is 2.68. The van der Waals surface area contributed by atoms with Crippen LogP contribution < -0.4 is 29.6 Å². The van der Waals surface area contributed by atoms with Gasteiger partial charge < -0.3 is 11.6 Å². The standard InChI is InChI=1S/C25H48O4.Na.H/c1-3-5-7-9-11-13-15-17-19-22(21-23(24(26)27)25(28)29)20-18-16-14-12-10-8-6-4-2;;/h22-23H,3-21H2,1-2H3,(H,26,27)(H,28,29);;/q;+1;-1. The van der Waals surface area contributed by atoms with E-state index >= 15 is 0 Å². The summed E-state index contributed by atoms with van der Waals surface area (Å²) in [7, 11) is 0. The molecule has 0 aromatic carbocycles. The van der Waals surface area contributed by atoms with Gasteiger partial charge in [-0.3, -0.25) is 9.59 Å². The minimum Gasteiger partial charge on any atom is -1.00 e. The predicted octanol–water partition coefficient (Wildman–Crippen LogP) is 4.96. The first kappa shape index (κ1) is 32.1. The Kier molecular flexibility index (Phi) is 25.3. The number of carboxylic acids is 2. The number of hydrogen-bond donors (Lipinski definition) is 2. The summed E-state index contributed by atoms with van der Waals surface area (Å²) < 4.78 is 0. The molecule has 0 amide bonds. The quantitative estimate of drug-likeness (QED) is 0.143. The van der Waals surface area contributed by atoms with Gasteiger partial charge in [0.2, 0.25) is 0 Å². The van der Waals surface area contributed by atoms with Crippen molar-refractivity contribution in [3.05, 3.63) is 0 Å². The summed E-state index contributed by atoms with van der Waals surface area (Å²) >= 11 is 0. The molecule has 5 heteroatoms. The SMILES string of the molecule is CCCCCCCCCCC(CCCCCCCCCC)CC(C(=O)O)C(=O)O.[H-].[Na+]. The first-order valence-electron chi connectivity index (χ1n) is 12.5. The van der Waals surface area contributed by atoms with Gasteiger partial charge in [0, 0.05) is 0 Å². The second-order valence-corrected chi connectivity index (χ2v) is 8.86. The smallest absolute Gasteiger partial charge is 1.00 e. The van der Waals surface area contributed by atoms with E-state index in [4.69, 9.17) is 0 Å². The summed E-state index contributed by atoms with van der Waals surface area (Å²) in [6.07, 6.45) is 22.4. The van der Waals surface area contributed by atoms with Crippen LogP contribution in [0.5, 0.6) is 0 Å². The van der Waals surface area contributed by atoms with E-state index in [9.17, 15) is 19.8 Å². The molecule has 0 aliphatic rings. The largest absolute Gasteiger partial charge is 1.00 e. The predicted molar refractivity (Wildman–Crippen MR) is 122 cm³/mol. The van der Waals surface area contributed by atoms with Gasteiger partial charge in [-0.05, 0) is 12.3 Å². The van der Waals surface area contributed by atoms with Crippen LogP contribution in [0, 0.1) is 11.8 Å². The van der Waals surface area contributed by atoms with Gasteiger partial charge in [0.1, 0.15) is 0 Å². The van der Waals surface area contributed by atoms with E-state index in [-0.39, 0.29) is 43.3 Å². The Labute approximate surface area is 209 Å². The van der Waals surface area contributed by atoms with E-state index < -0.39 is 17.9 Å². The van der Waals surface area contributed by atoms with Crippen LogP contribution in [0.25, 0.3) is 0 Å². The van der Waals surface area contributed by atoms with Crippen molar-refractivity contribution in [3.63, 3.8) is 0 Å². The molecule has 2 N–H and O–H groups in total. The Bertz CT molecular complexity index is 373. The fraction of sp³-hybridized carbons (Fsp3) is 0.920. The molecule has 0 radical (unpaired) electrons. The van der Waals surface area contributed by atoms with Crippen molar-refractivity contribution in [2.75, 3.05) is 0 Å². The summed E-state index contributed by atoms with van der Waals surface area (Å²) in [6, 6.07) is 0. The summed E-state index contributed by atoms with van der Waals surface area (Å²) in [6.45, 7) is 4.46. The second-order valence-electron chi connectivity index (χ2n) is 8.86. The molecule has 0 aliphatic heterocycles. The number of carbonyl (C=O) groups is 2. The van der Waals surface area contributed by atoms with Crippen LogP contribution in [0.15, 0.2) is 0 Å². The van der Waals surface area contributed by atoms with Gasteiger partial charge in [-0.15, -0.1) is 0 Å². The molecule has 0 spiro atoms. The van der Waals surface area contributed by atoms with Gasteiger partial charge >= 0.3 is 41.5 Å². The number of rotatable bonds is 22. The van der Waals surface area contributed by atoms with Crippen molar-refractivity contribution in [1.82, 2.24) is 0 Å². The monoisotopic (exact) mass is 436 g/mol. The van der Waals surface area contributed by atoms with E-state index in [0.29, 0.717) is 0 Å². The maximum atomic E-state index is 11.3. The van der Waals surface area contributed by atoms with E-state index in [1.54, 1.807) is 0 Å². The molecule has 0 heterocycles. The summed E-state index contributed by atoms with van der Waals surface area (Å²) in [4.78, 5) is 22.6. The fourth-order valence-corrected chi connectivity index (χ4v) is 4.15. The zero-order valence-electron chi connectivity index (χ0n) is 21.3. The van der Waals surface area contributed by atoms with Gasteiger partial charge in [-0.1, -0.05) is 129 Å². The maximum Gasteiger partial charge on any atom is 1.00 e. The molecule has 30 heavy (non-hydrogen) atoms. The molecule has 0 fully saturated rings. The molecule has 0 atom stereocenters. The van der Waals surface area contributed by atoms with Crippen LogP contribution in [0.4, 0.5) is 0 Å². The first-order chi connectivity index (χ1) is 14.0. The normalized spacial score (nSPS) is 11.1. The first-order valence-corrected chi connectivity index (χ1v) is 12.5. The van der Waals surface area contributed by atoms with Crippen molar-refractivity contribution in [1.29, 1.82) is 0 Å². The Morgan fingerprint density at radius 2 is 0.900 bits per heavy atom. The molecule has 0 bridgehead atoms. The zero-order valence-corrected chi connectivity index (χ0v) is 22.3. The number of unbranched alkanes of at least 4 members (excludes halogenated alkanes) is 14. The van der Waals surface area contributed by atoms with Gasteiger partial charge in [-0.2, -0.15) is 0 Å². The van der Waals surface area contributed by atoms with Crippen LogP contribution in [-0.2, 0) is 9.59 Å². The molecule has 0 saturated carbocycles. The van der Waals surface area contributed by atoms with Crippen LogP contribution >= 0.6 is 0 Å². The Morgan fingerprint density at radius 3 is 1.20 bits per heavy atom. The van der Waals surface area contributed by atoms with Crippen molar-refractivity contribution >= 4 is 11.9 Å². The van der Waals surface area contributed by atoms with Crippen molar-refractivity contribution in [3.8, 4) is 0 Å². The maximum absolute atomic E-state index is 11.3. The molecule has 4 nitrogen and oxygen atoms in total. The third kappa shape index (κ3) is 19.9. The molecular weight excluding hydrogens is 387 g/mol. The third-order valence-electron chi connectivity index (χ3n) is 6.10. The van der Waals surface area contributed by atoms with Crippen LogP contribution in [0.1, 0.15) is 137 Å². The zero-order chi connectivity index (χ0) is 21.7. The second kappa shape index (κ2) is 23.6. The van der Waals surface area contributed by atoms with E-state index in [2.05, 4.69) is 13.8 Å². The van der Waals surface area contributed by atoms with Crippen molar-refractivity contribution in [2.45, 2.75) is 136 Å². The molecule has 0 aromatic rings. The van der Waals surface area contributed by atoms with Crippen LogP contribution in [-0.4, -0.2) is 22.2 Å². The van der Waals surface area contributed by atoms with Gasteiger partial charge in [0.15, 0.2) is 5.92 Å². The topological polar surface area (TPSA) is 74.6 Å². The van der Waals surface area contributed by atoms with Gasteiger partial charge in [0.05, 0.1) is 0 Å². The minimum absolute atomic E-state index is 0. The Morgan fingerprint density at radius 1 is 0.600 bits per heavy atom. The van der Waals surface area contributed by atoms with Gasteiger partial charge in [-0.25, -0.2) is 0 Å². The number of hydrogen-bond acceptors (Lipinski definition) is 2. The molecule has 0 saturated heterocycles. The molecule has 174 valence electrons. The molecule has 0 aromatic heterocycles. The number of carboxylic acid groups (broad SMARTS) is 2.